The van der Waals surface area contributed by atoms with Gasteiger partial charge in [0.2, 0.25) is 0 Å². The molecule has 1 aromatic rings. The second kappa shape index (κ2) is 8.28. The predicted molar refractivity (Wildman–Crippen MR) is 92.5 cm³/mol. The van der Waals surface area contributed by atoms with E-state index in [0.717, 1.165) is 38.0 Å². The van der Waals surface area contributed by atoms with Gasteiger partial charge in [0.1, 0.15) is 6.23 Å². The van der Waals surface area contributed by atoms with Gasteiger partial charge in [0.15, 0.2) is 0 Å². The van der Waals surface area contributed by atoms with Crippen molar-refractivity contribution in [2.45, 2.75) is 32.0 Å². The minimum atomic E-state index is -0.625. The molecule has 1 aliphatic heterocycles. The maximum absolute atomic E-state index is 10.3. The summed E-state index contributed by atoms with van der Waals surface area (Å²) < 4.78 is 0. The molecule has 0 aliphatic carbocycles. The van der Waals surface area contributed by atoms with Crippen molar-refractivity contribution in [2.24, 2.45) is 5.92 Å². The molecule has 0 aromatic heterocycles. The fraction of sp³-hybridized carbons (Fsp3) is 0.474. The van der Waals surface area contributed by atoms with Crippen LogP contribution in [0.3, 0.4) is 0 Å². The Bertz CT molecular complexity index is 485. The lowest BCUT2D eigenvalue weighted by atomic mass is 9.82. The number of likely N-dealkylation sites (N-methyl/N-ethyl adjacent to an activating group) is 1. The first-order valence-corrected chi connectivity index (χ1v) is 8.16. The lowest BCUT2D eigenvalue weighted by Gasteiger charge is -2.42. The van der Waals surface area contributed by atoms with E-state index in [9.17, 15) is 5.11 Å². The molecule has 0 saturated carbocycles. The maximum atomic E-state index is 10.3. The van der Waals surface area contributed by atoms with Gasteiger partial charge >= 0.3 is 0 Å². The summed E-state index contributed by atoms with van der Waals surface area (Å²) in [6.07, 6.45) is 3.36. The van der Waals surface area contributed by atoms with Crippen LogP contribution in [0, 0.1) is 5.92 Å². The van der Waals surface area contributed by atoms with E-state index in [1.165, 1.54) is 5.57 Å². The lowest BCUT2D eigenvalue weighted by molar-refractivity contribution is 0.0908. The van der Waals surface area contributed by atoms with Crippen molar-refractivity contribution in [1.82, 2.24) is 10.2 Å². The third-order valence-corrected chi connectivity index (χ3v) is 4.64. The van der Waals surface area contributed by atoms with Crippen molar-refractivity contribution in [3.05, 3.63) is 60.7 Å². The highest BCUT2D eigenvalue weighted by Gasteiger charge is 2.32. The second-order valence-electron chi connectivity index (χ2n) is 5.96. The monoisotopic (exact) mass is 300 g/mol. The number of aliphatic hydroxyl groups is 1. The molecule has 120 valence electrons. The number of piperidine rings is 1. The molecular formula is C19H28N2O. The summed E-state index contributed by atoms with van der Waals surface area (Å²) in [5.74, 6) is 0.418. The Hall–Kier alpha value is -1.42. The molecule has 3 heteroatoms. The van der Waals surface area contributed by atoms with Gasteiger partial charge in [-0.2, -0.15) is 0 Å². The van der Waals surface area contributed by atoms with Crippen LogP contribution in [-0.4, -0.2) is 35.7 Å². The Labute approximate surface area is 134 Å². The number of aliphatic hydroxyl groups excluding tert-OH is 1. The molecule has 1 aromatic carbocycles. The fourth-order valence-electron chi connectivity index (χ4n) is 3.32. The average molecular weight is 300 g/mol. The summed E-state index contributed by atoms with van der Waals surface area (Å²) in [6.45, 7) is 13.2. The Morgan fingerprint density at radius 2 is 2.14 bits per heavy atom. The summed E-state index contributed by atoms with van der Waals surface area (Å²) in [4.78, 5) is 2.48. The molecule has 1 heterocycles. The lowest BCUT2D eigenvalue weighted by Crippen LogP contribution is -2.51. The van der Waals surface area contributed by atoms with E-state index in [4.69, 9.17) is 0 Å². The van der Waals surface area contributed by atoms with Crippen LogP contribution < -0.4 is 5.32 Å². The Morgan fingerprint density at radius 3 is 2.77 bits per heavy atom. The molecule has 0 bridgehead atoms. The first-order chi connectivity index (χ1) is 10.7. The van der Waals surface area contributed by atoms with Gasteiger partial charge in [-0.25, -0.2) is 0 Å². The number of hydrogen-bond donors (Lipinski definition) is 2. The van der Waals surface area contributed by atoms with Crippen LogP contribution in [0.4, 0.5) is 0 Å². The van der Waals surface area contributed by atoms with Gasteiger partial charge in [-0.15, -0.1) is 6.58 Å². The fourth-order valence-corrected chi connectivity index (χ4v) is 3.32. The molecule has 0 spiro atoms. The van der Waals surface area contributed by atoms with E-state index in [0.29, 0.717) is 12.0 Å². The third-order valence-electron chi connectivity index (χ3n) is 4.64. The van der Waals surface area contributed by atoms with Crippen LogP contribution in [0.5, 0.6) is 0 Å². The zero-order chi connectivity index (χ0) is 15.9. The summed E-state index contributed by atoms with van der Waals surface area (Å²) in [6, 6.07) is 10.1. The quantitative estimate of drug-likeness (QED) is 0.600. The number of hydrogen-bond acceptors (Lipinski definition) is 3. The van der Waals surface area contributed by atoms with Crippen LogP contribution in [-0.2, 0) is 0 Å². The van der Waals surface area contributed by atoms with E-state index in [1.807, 2.05) is 36.4 Å². The number of likely N-dealkylation sites (tertiary alicyclic amines) is 1. The van der Waals surface area contributed by atoms with Crippen molar-refractivity contribution in [3.8, 4) is 0 Å². The molecule has 3 atom stereocenters. The van der Waals surface area contributed by atoms with Gasteiger partial charge in [0.25, 0.3) is 0 Å². The number of rotatable bonds is 7. The molecule has 1 fully saturated rings. The van der Waals surface area contributed by atoms with Gasteiger partial charge < -0.3 is 5.11 Å². The van der Waals surface area contributed by atoms with Gasteiger partial charge in [-0.3, -0.25) is 10.2 Å². The first-order valence-electron chi connectivity index (χ1n) is 8.16. The van der Waals surface area contributed by atoms with Crippen molar-refractivity contribution in [2.75, 3.05) is 19.6 Å². The van der Waals surface area contributed by atoms with E-state index in [-0.39, 0.29) is 0 Å². The van der Waals surface area contributed by atoms with Gasteiger partial charge in [-0.05, 0) is 30.9 Å². The number of nitrogens with zero attached hydrogens (tertiary/aromatic N) is 1. The largest absolute Gasteiger partial charge is 0.374 e. The van der Waals surface area contributed by atoms with E-state index in [2.05, 4.69) is 30.3 Å². The molecule has 0 radical (unpaired) electrons. The summed E-state index contributed by atoms with van der Waals surface area (Å²) in [7, 11) is 0. The smallest absolute Gasteiger partial charge is 0.131 e. The molecule has 2 N–H and O–H groups in total. The number of allylic oxidation sites excluding steroid dienone is 1. The Morgan fingerprint density at radius 1 is 1.41 bits per heavy atom. The molecule has 22 heavy (non-hydrogen) atoms. The van der Waals surface area contributed by atoms with E-state index in [1.54, 1.807) is 0 Å². The summed E-state index contributed by atoms with van der Waals surface area (Å²) >= 11 is 0. The van der Waals surface area contributed by atoms with Crippen molar-refractivity contribution in [1.29, 1.82) is 0 Å². The normalized spacial score (nSPS) is 24.2. The standard InChI is InChI=1S/C19H28N2O/c1-4-9-17-15(3)12-13-21(5-2)18(17)14-20-19(22)16-10-7-6-8-11-16/h4,6-8,10-11,17-20,22H,1,3,5,9,12-14H2,2H3. The van der Waals surface area contributed by atoms with Gasteiger partial charge in [0.05, 0.1) is 0 Å². The molecule has 1 saturated heterocycles. The molecule has 3 unspecified atom stereocenters. The average Bonchev–Trinajstić information content (AvgIpc) is 2.56. The first kappa shape index (κ1) is 16.9. The summed E-state index contributed by atoms with van der Waals surface area (Å²) in [5.41, 5.74) is 2.21. The highest BCUT2D eigenvalue weighted by atomic mass is 16.3. The topological polar surface area (TPSA) is 35.5 Å². The molecular weight excluding hydrogens is 272 g/mol. The van der Waals surface area contributed by atoms with Gasteiger partial charge in [0, 0.05) is 19.1 Å². The van der Waals surface area contributed by atoms with Crippen LogP contribution in [0.15, 0.2) is 55.1 Å². The van der Waals surface area contributed by atoms with Crippen LogP contribution in [0.1, 0.15) is 31.6 Å². The Kier molecular flexibility index (Phi) is 6.37. The number of nitrogens with one attached hydrogen (secondary N) is 1. The van der Waals surface area contributed by atoms with Crippen molar-refractivity contribution < 1.29 is 5.11 Å². The van der Waals surface area contributed by atoms with Crippen LogP contribution in [0.25, 0.3) is 0 Å². The highest BCUT2D eigenvalue weighted by Crippen LogP contribution is 2.30. The number of benzene rings is 1. The van der Waals surface area contributed by atoms with E-state index >= 15 is 0 Å². The minimum Gasteiger partial charge on any atom is -0.374 e. The molecule has 1 aliphatic rings. The maximum Gasteiger partial charge on any atom is 0.131 e. The predicted octanol–water partition coefficient (Wildman–Crippen LogP) is 3.11. The third kappa shape index (κ3) is 4.07. The highest BCUT2D eigenvalue weighted by molar-refractivity contribution is 5.17. The Balaban J connectivity index is 2.02. The summed E-state index contributed by atoms with van der Waals surface area (Å²) in [5, 5.41) is 13.6. The molecule has 3 nitrogen and oxygen atoms in total. The minimum absolute atomic E-state index is 0.364. The van der Waals surface area contributed by atoms with Crippen molar-refractivity contribution >= 4 is 0 Å². The van der Waals surface area contributed by atoms with Crippen molar-refractivity contribution in [3.63, 3.8) is 0 Å². The van der Waals surface area contributed by atoms with Crippen LogP contribution in [0.2, 0.25) is 0 Å². The second-order valence-corrected chi connectivity index (χ2v) is 5.96. The molecule has 0 amide bonds. The zero-order valence-electron chi connectivity index (χ0n) is 13.5. The van der Waals surface area contributed by atoms with E-state index < -0.39 is 6.23 Å². The van der Waals surface area contributed by atoms with Crippen LogP contribution >= 0.6 is 0 Å². The van der Waals surface area contributed by atoms with Gasteiger partial charge in [-0.1, -0.05) is 55.5 Å². The SMILES string of the molecule is C=CCC1C(=C)CCN(CC)C1CNC(O)c1ccccc1. The molecule has 2 rings (SSSR count). The zero-order valence-corrected chi connectivity index (χ0v) is 13.5.